The van der Waals surface area contributed by atoms with Gasteiger partial charge in [-0.15, -0.1) is 0 Å². The molecular formula is C22H27NO3. The van der Waals surface area contributed by atoms with Crippen LogP contribution in [0.5, 0.6) is 5.75 Å². The highest BCUT2D eigenvalue weighted by atomic mass is 16.5. The first-order chi connectivity index (χ1) is 12.5. The molecule has 0 radical (unpaired) electrons. The number of likely N-dealkylation sites (N-methyl/N-ethyl adjacent to an activating group) is 1. The Labute approximate surface area is 155 Å². The van der Waals surface area contributed by atoms with Crippen molar-refractivity contribution in [3.8, 4) is 5.75 Å². The maximum absolute atomic E-state index is 11.3. The molecule has 2 aromatic rings. The second-order valence-corrected chi connectivity index (χ2v) is 7.21. The summed E-state index contributed by atoms with van der Waals surface area (Å²) in [6, 6.07) is 16.4. The summed E-state index contributed by atoms with van der Waals surface area (Å²) in [6.45, 7) is 2.51. The molecule has 0 aromatic heterocycles. The lowest BCUT2D eigenvalue weighted by Crippen LogP contribution is -2.41. The summed E-state index contributed by atoms with van der Waals surface area (Å²) < 4.78 is 5.40. The van der Waals surface area contributed by atoms with E-state index in [4.69, 9.17) is 4.74 Å². The Bertz CT molecular complexity index is 759. The van der Waals surface area contributed by atoms with Crippen molar-refractivity contribution >= 4 is 5.97 Å². The summed E-state index contributed by atoms with van der Waals surface area (Å²) in [4.78, 5) is 13.3. The monoisotopic (exact) mass is 353 g/mol. The molecule has 3 rings (SSSR count). The molecule has 0 fully saturated rings. The largest absolute Gasteiger partial charge is 0.497 e. The molecule has 0 amide bonds. The maximum atomic E-state index is 11.3. The molecule has 1 N–H and O–H groups in total. The molecule has 26 heavy (non-hydrogen) atoms. The number of benzene rings is 2. The standard InChI is InChI=1S/C22H27NO3/c1-15(22(24)25)23(2)14-18-10-9-17-13-19(26-3)11-12-20(17)21(18)16-7-5-4-6-8-16/h4-8,11-13,15,18,21H,9-10,14H2,1-3H3,(H,24,25)/t15?,18-,21+/m1/s1. The average Bonchev–Trinajstić information content (AvgIpc) is 2.67. The van der Waals surface area contributed by atoms with Crippen LogP contribution < -0.4 is 4.74 Å². The number of fused-ring (bicyclic) bond motifs is 1. The Kier molecular flexibility index (Phi) is 5.62. The molecule has 1 aliphatic rings. The van der Waals surface area contributed by atoms with Gasteiger partial charge in [-0.2, -0.15) is 0 Å². The fourth-order valence-corrected chi connectivity index (χ4v) is 4.02. The minimum atomic E-state index is -0.773. The molecule has 0 spiro atoms. The molecule has 2 aromatic carbocycles. The maximum Gasteiger partial charge on any atom is 0.320 e. The number of aliphatic carboxylic acids is 1. The van der Waals surface area contributed by atoms with Gasteiger partial charge in [0.1, 0.15) is 11.8 Å². The zero-order chi connectivity index (χ0) is 18.7. The third-order valence-electron chi connectivity index (χ3n) is 5.64. The van der Waals surface area contributed by atoms with Gasteiger partial charge in [0.2, 0.25) is 0 Å². The van der Waals surface area contributed by atoms with Crippen molar-refractivity contribution < 1.29 is 14.6 Å². The van der Waals surface area contributed by atoms with Crippen molar-refractivity contribution in [3.63, 3.8) is 0 Å². The summed E-state index contributed by atoms with van der Waals surface area (Å²) in [7, 11) is 3.61. The summed E-state index contributed by atoms with van der Waals surface area (Å²) in [5.41, 5.74) is 3.97. The first-order valence-electron chi connectivity index (χ1n) is 9.16. The zero-order valence-corrected chi connectivity index (χ0v) is 15.7. The number of ether oxygens (including phenoxy) is 1. The molecule has 3 atom stereocenters. The quantitative estimate of drug-likeness (QED) is 0.858. The van der Waals surface area contributed by atoms with E-state index < -0.39 is 12.0 Å². The highest BCUT2D eigenvalue weighted by Crippen LogP contribution is 2.42. The van der Waals surface area contributed by atoms with E-state index >= 15 is 0 Å². The van der Waals surface area contributed by atoms with E-state index in [1.165, 1.54) is 16.7 Å². The molecular weight excluding hydrogens is 326 g/mol. The van der Waals surface area contributed by atoms with Gasteiger partial charge in [0.05, 0.1) is 7.11 Å². The van der Waals surface area contributed by atoms with Crippen LogP contribution in [-0.4, -0.2) is 42.7 Å². The van der Waals surface area contributed by atoms with Crippen LogP contribution in [-0.2, 0) is 11.2 Å². The van der Waals surface area contributed by atoms with Gasteiger partial charge >= 0.3 is 5.97 Å². The van der Waals surface area contributed by atoms with Crippen molar-refractivity contribution in [3.05, 3.63) is 65.2 Å². The van der Waals surface area contributed by atoms with Crippen molar-refractivity contribution in [2.75, 3.05) is 20.7 Å². The Morgan fingerprint density at radius 2 is 2.00 bits per heavy atom. The molecule has 1 unspecified atom stereocenters. The average molecular weight is 353 g/mol. The van der Waals surface area contributed by atoms with Gasteiger partial charge in [-0.1, -0.05) is 36.4 Å². The van der Waals surface area contributed by atoms with Gasteiger partial charge < -0.3 is 9.84 Å². The number of hydrogen-bond donors (Lipinski definition) is 1. The lowest BCUT2D eigenvalue weighted by atomic mass is 9.71. The number of aryl methyl sites for hydroxylation is 1. The number of carboxylic acids is 1. The lowest BCUT2D eigenvalue weighted by molar-refractivity contribution is -0.142. The summed E-state index contributed by atoms with van der Waals surface area (Å²) in [5.74, 6) is 0.773. The predicted molar refractivity (Wildman–Crippen MR) is 103 cm³/mol. The van der Waals surface area contributed by atoms with Crippen molar-refractivity contribution in [1.29, 1.82) is 0 Å². The van der Waals surface area contributed by atoms with Crippen LogP contribution in [0.1, 0.15) is 36.0 Å². The smallest absolute Gasteiger partial charge is 0.320 e. The lowest BCUT2D eigenvalue weighted by Gasteiger charge is -2.37. The molecule has 4 heteroatoms. The normalized spacial score (nSPS) is 20.5. The minimum Gasteiger partial charge on any atom is -0.497 e. The molecule has 138 valence electrons. The van der Waals surface area contributed by atoms with Crippen LogP contribution in [0.3, 0.4) is 0 Å². The molecule has 0 saturated heterocycles. The van der Waals surface area contributed by atoms with E-state index in [2.05, 4.69) is 36.4 Å². The molecule has 1 aliphatic carbocycles. The van der Waals surface area contributed by atoms with Crippen LogP contribution >= 0.6 is 0 Å². The van der Waals surface area contributed by atoms with E-state index in [0.29, 0.717) is 5.92 Å². The minimum absolute atomic E-state index is 0.273. The van der Waals surface area contributed by atoms with Crippen LogP contribution in [0.25, 0.3) is 0 Å². The van der Waals surface area contributed by atoms with Gasteiger partial charge in [0, 0.05) is 12.5 Å². The van der Waals surface area contributed by atoms with Gasteiger partial charge in [0.15, 0.2) is 0 Å². The van der Waals surface area contributed by atoms with Crippen molar-refractivity contribution in [2.45, 2.75) is 31.7 Å². The molecule has 0 bridgehead atoms. The SMILES string of the molecule is COc1ccc2c(c1)CC[C@H](CN(C)C(C)C(=O)O)[C@@H]2c1ccccc1. The van der Waals surface area contributed by atoms with Gasteiger partial charge in [-0.25, -0.2) is 0 Å². The molecule has 0 heterocycles. The van der Waals surface area contributed by atoms with Crippen molar-refractivity contribution in [1.82, 2.24) is 4.90 Å². The highest BCUT2D eigenvalue weighted by Gasteiger charge is 2.33. The number of hydrogen-bond acceptors (Lipinski definition) is 3. The zero-order valence-electron chi connectivity index (χ0n) is 15.7. The second kappa shape index (κ2) is 7.92. The van der Waals surface area contributed by atoms with Crippen LogP contribution in [0.4, 0.5) is 0 Å². The van der Waals surface area contributed by atoms with E-state index in [0.717, 1.165) is 25.1 Å². The number of carbonyl (C=O) groups is 1. The highest BCUT2D eigenvalue weighted by molar-refractivity contribution is 5.72. The first kappa shape index (κ1) is 18.5. The van der Waals surface area contributed by atoms with Gasteiger partial charge in [0.25, 0.3) is 0 Å². The van der Waals surface area contributed by atoms with Gasteiger partial charge in [-0.3, -0.25) is 9.69 Å². The van der Waals surface area contributed by atoms with E-state index in [1.54, 1.807) is 14.0 Å². The third kappa shape index (κ3) is 3.75. The van der Waals surface area contributed by atoms with Crippen LogP contribution in [0, 0.1) is 5.92 Å². The van der Waals surface area contributed by atoms with Crippen LogP contribution in [0.2, 0.25) is 0 Å². The van der Waals surface area contributed by atoms with Crippen LogP contribution in [0.15, 0.2) is 48.5 Å². The fourth-order valence-electron chi connectivity index (χ4n) is 4.02. The number of methoxy groups -OCH3 is 1. The van der Waals surface area contributed by atoms with E-state index in [1.807, 2.05) is 24.1 Å². The molecule has 0 aliphatic heterocycles. The Balaban J connectivity index is 1.95. The second-order valence-electron chi connectivity index (χ2n) is 7.21. The Morgan fingerprint density at radius 1 is 1.27 bits per heavy atom. The topological polar surface area (TPSA) is 49.8 Å². The van der Waals surface area contributed by atoms with Crippen molar-refractivity contribution in [2.24, 2.45) is 5.92 Å². The predicted octanol–water partition coefficient (Wildman–Crippen LogP) is 3.79. The molecule has 4 nitrogen and oxygen atoms in total. The first-order valence-corrected chi connectivity index (χ1v) is 9.16. The van der Waals surface area contributed by atoms with E-state index in [9.17, 15) is 9.90 Å². The Hall–Kier alpha value is -2.33. The number of carboxylic acid groups (broad SMARTS) is 1. The van der Waals surface area contributed by atoms with Gasteiger partial charge in [-0.05, 0) is 61.6 Å². The van der Waals surface area contributed by atoms with E-state index in [-0.39, 0.29) is 5.92 Å². The molecule has 0 saturated carbocycles. The Morgan fingerprint density at radius 3 is 2.65 bits per heavy atom. The number of nitrogens with zero attached hydrogens (tertiary/aromatic N) is 1. The summed E-state index contributed by atoms with van der Waals surface area (Å²) in [5, 5.41) is 9.32. The fraction of sp³-hybridized carbons (Fsp3) is 0.409. The summed E-state index contributed by atoms with van der Waals surface area (Å²) in [6.07, 6.45) is 2.03. The number of rotatable bonds is 6. The summed E-state index contributed by atoms with van der Waals surface area (Å²) >= 11 is 0. The third-order valence-corrected chi connectivity index (χ3v) is 5.64.